The molecule has 2 saturated heterocycles. The van der Waals surface area contributed by atoms with Gasteiger partial charge in [-0.25, -0.2) is 9.36 Å². The van der Waals surface area contributed by atoms with Crippen molar-refractivity contribution < 1.29 is 48.7 Å². The molecule has 0 spiro atoms. The van der Waals surface area contributed by atoms with E-state index in [-0.39, 0.29) is 100 Å². The lowest BCUT2D eigenvalue weighted by atomic mass is 9.98. The van der Waals surface area contributed by atoms with Crippen LogP contribution in [-0.4, -0.2) is 192 Å². The molecule has 5 atom stereocenters. The number of aliphatic carboxylic acids is 2. The number of hydrogen-bond acceptors (Lipinski definition) is 20. The number of carboxylic acids is 2. The van der Waals surface area contributed by atoms with E-state index in [1.807, 2.05) is 23.6 Å². The number of hydrogen-bond donors (Lipinski definition) is 6. The second-order valence-electron chi connectivity index (χ2n) is 17.8. The largest absolute Gasteiger partial charge is 0.508 e. The number of carbonyl (C=O) groups excluding carboxylic acids is 2. The van der Waals surface area contributed by atoms with Crippen molar-refractivity contribution in [2.75, 3.05) is 114 Å². The zero-order valence-electron chi connectivity index (χ0n) is 41.9. The number of amides is 2. The number of nitrogens with zero attached hydrogens (tertiary/aromatic N) is 13. The highest BCUT2D eigenvalue weighted by Crippen LogP contribution is 2.26. The standard InChI is InChI=1S/C47H68N16O10.ClH/c1-4-23-71-25-27-73-28-26-72-24-14-50-45-51-46(53-47(52-45)61-21-17-59(18-22-61)44(70)39(11-13-41(67)68)63-31-37(55-57-63)42(49)32(3)5-2)60-19-15-58(16-20-60)43(69)38(10-12-40(65)66)62-30-36(54-56-62)35(48)29-33-6-8-34(64)9-7-33;/h1,6-9,30-32,35,38-39,42,64H,5,10-29,48-49H2,2-3H3,(H,65,66)(H,67,68)(H,50,51,52,53);1H/t32-,35?,38+,39+,42?;/m1./s1. The van der Waals surface area contributed by atoms with Crippen LogP contribution in [-0.2, 0) is 39.8 Å². The van der Waals surface area contributed by atoms with Crippen LogP contribution in [0.4, 0.5) is 17.8 Å². The summed E-state index contributed by atoms with van der Waals surface area (Å²) >= 11 is 0. The fraction of sp³-hybridized carbons (Fsp3) is 0.596. The predicted octanol–water partition coefficient (Wildman–Crippen LogP) is 1.07. The quantitative estimate of drug-likeness (QED) is 0.0327. The number of rotatable bonds is 29. The summed E-state index contributed by atoms with van der Waals surface area (Å²) in [5.41, 5.74) is 14.7. The maximum Gasteiger partial charge on any atom is 0.303 e. The molecule has 404 valence electrons. The lowest BCUT2D eigenvalue weighted by Crippen LogP contribution is -2.52. The summed E-state index contributed by atoms with van der Waals surface area (Å²) < 4.78 is 19.3. The topological polar surface area (TPSA) is 334 Å². The summed E-state index contributed by atoms with van der Waals surface area (Å²) in [5, 5.41) is 48.9. The van der Waals surface area contributed by atoms with Crippen LogP contribution in [0.1, 0.15) is 87.1 Å². The van der Waals surface area contributed by atoms with Gasteiger partial charge in [-0.15, -0.1) is 29.0 Å². The van der Waals surface area contributed by atoms with Gasteiger partial charge in [-0.2, -0.15) is 15.0 Å². The van der Waals surface area contributed by atoms with Crippen molar-refractivity contribution in [1.29, 1.82) is 0 Å². The molecule has 2 fully saturated rings. The molecule has 26 nitrogen and oxygen atoms in total. The predicted molar refractivity (Wildman–Crippen MR) is 271 cm³/mol. The third-order valence-corrected chi connectivity index (χ3v) is 12.7. The van der Waals surface area contributed by atoms with Crippen LogP contribution >= 0.6 is 12.4 Å². The summed E-state index contributed by atoms with van der Waals surface area (Å²) in [6.07, 6.45) is 9.09. The molecule has 0 bridgehead atoms. The Morgan fingerprint density at radius 3 is 1.72 bits per heavy atom. The highest BCUT2D eigenvalue weighted by atomic mass is 35.5. The fourth-order valence-corrected chi connectivity index (χ4v) is 8.20. The lowest BCUT2D eigenvalue weighted by Gasteiger charge is -2.38. The average molecular weight is 1050 g/mol. The normalized spacial score (nSPS) is 15.9. The number of anilines is 3. The highest BCUT2D eigenvalue weighted by Gasteiger charge is 2.34. The first-order valence-electron chi connectivity index (χ1n) is 24.5. The Kier molecular flexibility index (Phi) is 22.9. The third kappa shape index (κ3) is 16.9. The van der Waals surface area contributed by atoms with Crippen LogP contribution in [0, 0.1) is 18.3 Å². The molecule has 2 unspecified atom stereocenters. The van der Waals surface area contributed by atoms with Gasteiger partial charge < -0.3 is 65.9 Å². The third-order valence-electron chi connectivity index (χ3n) is 12.7. The van der Waals surface area contributed by atoms with Gasteiger partial charge in [0.2, 0.25) is 29.7 Å². The second kappa shape index (κ2) is 29.2. The van der Waals surface area contributed by atoms with E-state index in [1.165, 1.54) is 9.36 Å². The minimum absolute atomic E-state index is 0. The van der Waals surface area contributed by atoms with Crippen molar-refractivity contribution in [3.8, 4) is 18.1 Å². The molecular weight excluding hydrogens is 984 g/mol. The smallest absolute Gasteiger partial charge is 0.303 e. The lowest BCUT2D eigenvalue weighted by molar-refractivity contribution is -0.140. The number of phenols is 1. The number of piperazine rings is 2. The van der Waals surface area contributed by atoms with Gasteiger partial charge in [0.1, 0.15) is 24.4 Å². The van der Waals surface area contributed by atoms with Crippen molar-refractivity contribution in [2.24, 2.45) is 17.4 Å². The summed E-state index contributed by atoms with van der Waals surface area (Å²) in [6.45, 7) is 8.88. The van der Waals surface area contributed by atoms with Crippen LogP contribution in [0.25, 0.3) is 0 Å². The Bertz CT molecular complexity index is 2440. The first-order valence-corrected chi connectivity index (χ1v) is 24.5. The van der Waals surface area contributed by atoms with E-state index < -0.39 is 36.1 Å². The van der Waals surface area contributed by atoms with Crippen molar-refractivity contribution in [1.82, 2.24) is 54.7 Å². The van der Waals surface area contributed by atoms with E-state index in [0.29, 0.717) is 95.5 Å². The van der Waals surface area contributed by atoms with E-state index in [1.54, 1.807) is 46.5 Å². The summed E-state index contributed by atoms with van der Waals surface area (Å²) in [4.78, 5) is 73.3. The molecule has 2 aliphatic rings. The molecule has 2 amide bonds. The van der Waals surface area contributed by atoms with Gasteiger partial charge >= 0.3 is 11.9 Å². The van der Waals surface area contributed by atoms with Crippen LogP contribution in [0.5, 0.6) is 5.75 Å². The summed E-state index contributed by atoms with van der Waals surface area (Å²) in [6, 6.07) is 3.82. The number of terminal acetylenes is 1. The van der Waals surface area contributed by atoms with Crippen molar-refractivity contribution in [3.05, 3.63) is 53.6 Å². The molecule has 74 heavy (non-hydrogen) atoms. The Hall–Kier alpha value is -6.76. The number of halogens is 1. The molecule has 27 heteroatoms. The first-order chi connectivity index (χ1) is 35.2. The number of nitrogens with two attached hydrogens (primary N) is 2. The SMILES string of the molecule is C#CCOCCOCCOCCNc1nc(N2CCN(C(=O)[C@H](CCC(=O)O)n3cc(C(N)Cc4ccc(O)cc4)nn3)CC2)nc(N2CCN(C(=O)[C@H](CCC(=O)O)n3cc(C(N)[C@H](C)CC)nn3)CC2)n1.Cl. The average Bonchev–Trinajstić information content (AvgIpc) is 4.10. The van der Waals surface area contributed by atoms with Gasteiger partial charge in [0.15, 0.2) is 0 Å². The second-order valence-corrected chi connectivity index (χ2v) is 17.8. The van der Waals surface area contributed by atoms with E-state index >= 15 is 0 Å². The van der Waals surface area contributed by atoms with Gasteiger partial charge in [-0.05, 0) is 42.9 Å². The summed E-state index contributed by atoms with van der Waals surface area (Å²) in [7, 11) is 0. The monoisotopic (exact) mass is 1050 g/mol. The molecule has 2 aliphatic heterocycles. The van der Waals surface area contributed by atoms with Gasteiger partial charge in [0.25, 0.3) is 0 Å². The molecule has 6 rings (SSSR count). The number of nitrogens with one attached hydrogen (secondary N) is 1. The molecule has 0 aliphatic carbocycles. The Balaban J connectivity index is 0.0000101. The van der Waals surface area contributed by atoms with E-state index in [4.69, 9.17) is 47.1 Å². The number of ether oxygens (including phenoxy) is 3. The maximum absolute atomic E-state index is 14.2. The molecular formula is C47H69ClN16O10. The number of carboxylic acid groups (broad SMARTS) is 2. The van der Waals surface area contributed by atoms with Crippen molar-refractivity contribution >= 4 is 54.0 Å². The summed E-state index contributed by atoms with van der Waals surface area (Å²) in [5.74, 6) is 0.961. The number of carbonyl (C=O) groups is 4. The highest BCUT2D eigenvalue weighted by molar-refractivity contribution is 5.85. The van der Waals surface area contributed by atoms with E-state index in [2.05, 4.69) is 31.9 Å². The van der Waals surface area contributed by atoms with Gasteiger partial charge in [0, 0.05) is 71.7 Å². The van der Waals surface area contributed by atoms with Crippen LogP contribution in [0.15, 0.2) is 36.7 Å². The fourth-order valence-electron chi connectivity index (χ4n) is 8.20. The van der Waals surface area contributed by atoms with Gasteiger partial charge in [0.05, 0.1) is 68.9 Å². The van der Waals surface area contributed by atoms with Crippen LogP contribution in [0.3, 0.4) is 0 Å². The first kappa shape index (κ1) is 58.1. The number of phenolic OH excluding ortho intramolecular Hbond substituents is 1. The molecule has 0 radical (unpaired) electrons. The maximum atomic E-state index is 14.2. The zero-order chi connectivity index (χ0) is 52.3. The molecule has 4 aromatic rings. The van der Waals surface area contributed by atoms with Gasteiger partial charge in [-0.1, -0.05) is 48.7 Å². The van der Waals surface area contributed by atoms with Gasteiger partial charge in [-0.3, -0.25) is 19.2 Å². The number of benzene rings is 1. The van der Waals surface area contributed by atoms with E-state index in [9.17, 15) is 34.5 Å². The van der Waals surface area contributed by atoms with Crippen LogP contribution in [0.2, 0.25) is 0 Å². The molecule has 0 saturated carbocycles. The minimum atomic E-state index is -1.06. The van der Waals surface area contributed by atoms with Crippen LogP contribution < -0.4 is 26.6 Å². The van der Waals surface area contributed by atoms with Crippen molar-refractivity contribution in [3.63, 3.8) is 0 Å². The number of aromatic hydroxyl groups is 1. The molecule has 8 N–H and O–H groups in total. The van der Waals surface area contributed by atoms with E-state index in [0.717, 1.165) is 12.0 Å². The zero-order valence-corrected chi connectivity index (χ0v) is 42.7. The Morgan fingerprint density at radius 1 is 0.730 bits per heavy atom. The Labute approximate surface area is 435 Å². The Morgan fingerprint density at radius 2 is 1.22 bits per heavy atom. The molecule has 1 aromatic carbocycles. The molecule has 5 heterocycles. The number of aromatic nitrogens is 9. The molecule has 3 aromatic heterocycles. The van der Waals surface area contributed by atoms with Crippen molar-refractivity contribution in [2.45, 2.75) is 76.5 Å². The minimum Gasteiger partial charge on any atom is -0.508 e.